The Morgan fingerprint density at radius 3 is 2.48 bits per heavy atom. The molecule has 23 heavy (non-hydrogen) atoms. The Morgan fingerprint density at radius 1 is 1.22 bits per heavy atom. The van der Waals surface area contributed by atoms with Crippen LogP contribution >= 0.6 is 0 Å². The van der Waals surface area contributed by atoms with Crippen LogP contribution in [0.15, 0.2) is 0 Å². The summed E-state index contributed by atoms with van der Waals surface area (Å²) in [7, 11) is 0. The third-order valence-electron chi connectivity index (χ3n) is 5.17. The van der Waals surface area contributed by atoms with Gasteiger partial charge in [0, 0.05) is 32.2 Å². The van der Waals surface area contributed by atoms with E-state index < -0.39 is 6.04 Å². The first-order valence-electron chi connectivity index (χ1n) is 8.86. The lowest BCUT2D eigenvalue weighted by Crippen LogP contribution is -2.55. The number of nitrogens with one attached hydrogen (secondary N) is 1. The van der Waals surface area contributed by atoms with Gasteiger partial charge in [-0.2, -0.15) is 0 Å². The number of rotatable bonds is 4. The van der Waals surface area contributed by atoms with Gasteiger partial charge in [0.05, 0.1) is 6.54 Å². The van der Waals surface area contributed by atoms with Gasteiger partial charge in [0.1, 0.15) is 6.04 Å². The van der Waals surface area contributed by atoms with Crippen molar-refractivity contribution >= 4 is 11.8 Å². The number of piperidine rings is 2. The van der Waals surface area contributed by atoms with Crippen molar-refractivity contribution in [1.82, 2.24) is 15.1 Å². The van der Waals surface area contributed by atoms with Crippen LogP contribution in [0.1, 0.15) is 46.5 Å². The van der Waals surface area contributed by atoms with Crippen molar-refractivity contribution < 1.29 is 9.59 Å². The number of amides is 2. The molecular formula is C17H32N4O2. The lowest BCUT2D eigenvalue weighted by Gasteiger charge is -2.42. The van der Waals surface area contributed by atoms with Gasteiger partial charge in [-0.3, -0.25) is 14.5 Å². The molecule has 132 valence electrons. The van der Waals surface area contributed by atoms with E-state index in [2.05, 4.69) is 24.1 Å². The highest BCUT2D eigenvalue weighted by atomic mass is 16.2. The average Bonchev–Trinajstić information content (AvgIpc) is 2.50. The topological polar surface area (TPSA) is 78.7 Å². The molecule has 3 N–H and O–H groups in total. The lowest BCUT2D eigenvalue weighted by molar-refractivity contribution is -0.137. The molecule has 2 unspecified atom stereocenters. The van der Waals surface area contributed by atoms with Crippen LogP contribution in [0.4, 0.5) is 0 Å². The van der Waals surface area contributed by atoms with Gasteiger partial charge in [0.15, 0.2) is 0 Å². The fourth-order valence-corrected chi connectivity index (χ4v) is 3.56. The first kappa shape index (κ1) is 18.2. The van der Waals surface area contributed by atoms with E-state index in [1.807, 2.05) is 4.90 Å². The molecule has 0 spiro atoms. The Kier molecular flexibility index (Phi) is 6.03. The molecule has 0 saturated carbocycles. The molecule has 6 nitrogen and oxygen atoms in total. The van der Waals surface area contributed by atoms with E-state index in [1.165, 1.54) is 6.42 Å². The SMILES string of the molecule is CC(NC(=O)CN1CCC(N)C(C)(C)C1)C(=O)N1CCCCC1. The van der Waals surface area contributed by atoms with Gasteiger partial charge >= 0.3 is 0 Å². The Labute approximate surface area is 139 Å². The molecule has 2 rings (SSSR count). The summed E-state index contributed by atoms with van der Waals surface area (Å²) in [6.07, 6.45) is 4.23. The van der Waals surface area contributed by atoms with Crippen LogP contribution in [-0.4, -0.2) is 66.4 Å². The number of carbonyl (C=O) groups excluding carboxylic acids is 2. The van der Waals surface area contributed by atoms with Crippen molar-refractivity contribution in [2.75, 3.05) is 32.7 Å². The Hall–Kier alpha value is -1.14. The molecule has 0 radical (unpaired) electrons. The lowest BCUT2D eigenvalue weighted by atomic mass is 9.80. The second kappa shape index (κ2) is 7.62. The molecular weight excluding hydrogens is 292 g/mol. The number of carbonyl (C=O) groups is 2. The van der Waals surface area contributed by atoms with E-state index in [4.69, 9.17) is 5.73 Å². The second-order valence-corrected chi connectivity index (χ2v) is 7.77. The Morgan fingerprint density at radius 2 is 1.87 bits per heavy atom. The van der Waals surface area contributed by atoms with Gasteiger partial charge in [-0.15, -0.1) is 0 Å². The van der Waals surface area contributed by atoms with Crippen LogP contribution in [0.25, 0.3) is 0 Å². The molecule has 0 aromatic carbocycles. The van der Waals surface area contributed by atoms with Crippen molar-refractivity contribution in [3.8, 4) is 0 Å². The molecule has 0 aromatic rings. The molecule has 2 saturated heterocycles. The van der Waals surface area contributed by atoms with Gasteiger partial charge in [0.2, 0.25) is 11.8 Å². The van der Waals surface area contributed by atoms with E-state index in [1.54, 1.807) is 6.92 Å². The summed E-state index contributed by atoms with van der Waals surface area (Å²) >= 11 is 0. The zero-order chi connectivity index (χ0) is 17.0. The molecule has 2 aliphatic rings. The molecule has 0 aromatic heterocycles. The van der Waals surface area contributed by atoms with Crippen molar-refractivity contribution in [3.63, 3.8) is 0 Å². The smallest absolute Gasteiger partial charge is 0.244 e. The summed E-state index contributed by atoms with van der Waals surface area (Å²) in [5.41, 5.74) is 6.15. The third kappa shape index (κ3) is 4.91. The van der Waals surface area contributed by atoms with Crippen LogP contribution in [0, 0.1) is 5.41 Å². The minimum absolute atomic E-state index is 0.0216. The van der Waals surface area contributed by atoms with E-state index in [0.717, 1.165) is 45.4 Å². The van der Waals surface area contributed by atoms with Crippen LogP contribution in [0.3, 0.4) is 0 Å². The summed E-state index contributed by atoms with van der Waals surface area (Å²) < 4.78 is 0. The fraction of sp³-hybridized carbons (Fsp3) is 0.882. The number of hydrogen-bond donors (Lipinski definition) is 2. The predicted molar refractivity (Wildman–Crippen MR) is 90.8 cm³/mol. The molecule has 2 amide bonds. The molecule has 2 fully saturated rings. The standard InChI is InChI=1S/C17H32N4O2/c1-13(16(23)21-8-5-4-6-9-21)19-15(22)11-20-10-7-14(18)17(2,3)12-20/h13-14H,4-12,18H2,1-3H3,(H,19,22). The maximum Gasteiger partial charge on any atom is 0.244 e. The van der Waals surface area contributed by atoms with Crippen molar-refractivity contribution in [3.05, 3.63) is 0 Å². The maximum absolute atomic E-state index is 12.4. The van der Waals surface area contributed by atoms with Crippen molar-refractivity contribution in [2.24, 2.45) is 11.1 Å². The third-order valence-corrected chi connectivity index (χ3v) is 5.17. The van der Waals surface area contributed by atoms with Crippen LogP contribution < -0.4 is 11.1 Å². The highest BCUT2D eigenvalue weighted by Crippen LogP contribution is 2.27. The van der Waals surface area contributed by atoms with Crippen molar-refractivity contribution in [1.29, 1.82) is 0 Å². The van der Waals surface area contributed by atoms with E-state index in [0.29, 0.717) is 6.54 Å². The second-order valence-electron chi connectivity index (χ2n) is 7.77. The van der Waals surface area contributed by atoms with E-state index in [9.17, 15) is 9.59 Å². The van der Waals surface area contributed by atoms with E-state index in [-0.39, 0.29) is 23.3 Å². The van der Waals surface area contributed by atoms with Gasteiger partial charge in [-0.1, -0.05) is 13.8 Å². The highest BCUT2D eigenvalue weighted by molar-refractivity contribution is 5.88. The minimum atomic E-state index is -0.444. The summed E-state index contributed by atoms with van der Waals surface area (Å²) in [5.74, 6) is -0.0341. The number of nitrogens with zero attached hydrogens (tertiary/aromatic N) is 2. The summed E-state index contributed by atoms with van der Waals surface area (Å²) in [6, 6.07) is -0.262. The fourth-order valence-electron chi connectivity index (χ4n) is 3.56. The summed E-state index contributed by atoms with van der Waals surface area (Å²) in [5, 5.41) is 2.86. The maximum atomic E-state index is 12.4. The van der Waals surface area contributed by atoms with Gasteiger partial charge in [-0.25, -0.2) is 0 Å². The van der Waals surface area contributed by atoms with Crippen molar-refractivity contribution in [2.45, 2.75) is 58.5 Å². The van der Waals surface area contributed by atoms with E-state index >= 15 is 0 Å². The highest BCUT2D eigenvalue weighted by Gasteiger charge is 2.34. The summed E-state index contributed by atoms with van der Waals surface area (Å²) in [4.78, 5) is 28.6. The molecule has 6 heteroatoms. The van der Waals surface area contributed by atoms with Gasteiger partial charge in [-0.05, 0) is 38.0 Å². The molecule has 0 bridgehead atoms. The molecule has 0 aliphatic carbocycles. The zero-order valence-corrected chi connectivity index (χ0v) is 14.8. The number of hydrogen-bond acceptors (Lipinski definition) is 4. The number of likely N-dealkylation sites (tertiary alicyclic amines) is 2. The first-order chi connectivity index (χ1) is 10.8. The molecule has 2 atom stereocenters. The normalized spacial score (nSPS) is 26.6. The van der Waals surface area contributed by atoms with Gasteiger partial charge in [0.25, 0.3) is 0 Å². The quantitative estimate of drug-likeness (QED) is 0.792. The van der Waals surface area contributed by atoms with Gasteiger partial charge < -0.3 is 16.0 Å². The van der Waals surface area contributed by atoms with Crippen LogP contribution in [-0.2, 0) is 9.59 Å². The molecule has 2 heterocycles. The largest absolute Gasteiger partial charge is 0.343 e. The summed E-state index contributed by atoms with van der Waals surface area (Å²) in [6.45, 7) is 9.70. The first-order valence-corrected chi connectivity index (χ1v) is 8.86. The average molecular weight is 324 g/mol. The molecule has 2 aliphatic heterocycles. The zero-order valence-electron chi connectivity index (χ0n) is 14.8. The Bertz CT molecular complexity index is 432. The predicted octanol–water partition coefficient (Wildman–Crippen LogP) is 0.563. The van der Waals surface area contributed by atoms with Crippen LogP contribution in [0.2, 0.25) is 0 Å². The van der Waals surface area contributed by atoms with Crippen LogP contribution in [0.5, 0.6) is 0 Å². The number of nitrogens with two attached hydrogens (primary N) is 1. The minimum Gasteiger partial charge on any atom is -0.343 e. The Balaban J connectivity index is 1.78. The monoisotopic (exact) mass is 324 g/mol.